The van der Waals surface area contributed by atoms with Crippen LogP contribution in [0.15, 0.2) is 6.07 Å². The van der Waals surface area contributed by atoms with Crippen molar-refractivity contribution in [2.24, 2.45) is 5.73 Å². The van der Waals surface area contributed by atoms with Gasteiger partial charge < -0.3 is 10.3 Å². The quantitative estimate of drug-likeness (QED) is 0.907. The van der Waals surface area contributed by atoms with Crippen molar-refractivity contribution in [2.45, 2.75) is 64.6 Å². The monoisotopic (exact) mass is 261 g/mol. The number of hydrogen-bond donors (Lipinski definition) is 1. The summed E-state index contributed by atoms with van der Waals surface area (Å²) in [6.07, 6.45) is 6.35. The van der Waals surface area contributed by atoms with E-state index in [1.165, 1.54) is 55.7 Å². The molecule has 0 bridgehead atoms. The van der Waals surface area contributed by atoms with Gasteiger partial charge in [0.2, 0.25) is 0 Å². The lowest BCUT2D eigenvalue weighted by molar-refractivity contribution is 0.233. The molecule has 19 heavy (non-hydrogen) atoms. The maximum absolute atomic E-state index is 6.26. The van der Waals surface area contributed by atoms with E-state index in [4.69, 9.17) is 5.73 Å². The molecule has 0 radical (unpaired) electrons. The van der Waals surface area contributed by atoms with Crippen LogP contribution in [0.25, 0.3) is 0 Å². The van der Waals surface area contributed by atoms with Crippen molar-refractivity contribution >= 4 is 0 Å². The van der Waals surface area contributed by atoms with Crippen molar-refractivity contribution in [3.63, 3.8) is 0 Å². The van der Waals surface area contributed by atoms with E-state index in [1.807, 2.05) is 0 Å². The second-order valence-electron chi connectivity index (χ2n) is 6.39. The Hall–Kier alpha value is -0.800. The molecule has 0 saturated carbocycles. The smallest absolute Gasteiger partial charge is 0.0378 e. The van der Waals surface area contributed by atoms with E-state index in [0.717, 1.165) is 13.0 Å². The average Bonchev–Trinajstić information content (AvgIpc) is 3.00. The molecule has 1 fully saturated rings. The molecule has 0 amide bonds. The fraction of sp³-hybridized carbons (Fsp3) is 0.750. The largest absolute Gasteiger partial charge is 0.347 e. The van der Waals surface area contributed by atoms with Crippen molar-refractivity contribution in [3.8, 4) is 0 Å². The first kappa shape index (κ1) is 13.2. The van der Waals surface area contributed by atoms with Crippen LogP contribution >= 0.6 is 0 Å². The molecule has 3 rings (SSSR count). The summed E-state index contributed by atoms with van der Waals surface area (Å²) in [6.45, 7) is 8.31. The molecule has 3 nitrogen and oxygen atoms in total. The summed E-state index contributed by atoms with van der Waals surface area (Å²) in [6, 6.07) is 3.25. The summed E-state index contributed by atoms with van der Waals surface area (Å²) in [7, 11) is 0. The highest BCUT2D eigenvalue weighted by Gasteiger charge is 2.24. The Morgan fingerprint density at radius 3 is 2.79 bits per heavy atom. The Morgan fingerprint density at radius 1 is 1.32 bits per heavy atom. The summed E-state index contributed by atoms with van der Waals surface area (Å²) in [5, 5.41) is 0. The van der Waals surface area contributed by atoms with Crippen molar-refractivity contribution in [2.75, 3.05) is 13.1 Å². The maximum Gasteiger partial charge on any atom is 0.0378 e. The minimum Gasteiger partial charge on any atom is -0.347 e. The Kier molecular flexibility index (Phi) is 3.68. The van der Waals surface area contributed by atoms with Crippen LogP contribution in [-0.4, -0.2) is 28.6 Å². The third-order valence-corrected chi connectivity index (χ3v) is 4.99. The minimum absolute atomic E-state index is 0.269. The standard InChI is InChI=1S/C16H27N3/c1-12-10-14-15(17)6-5-7-16(14)19(12)11-13(2)18-8-3-4-9-18/h10,13,15H,3-9,11,17H2,1-2H3. The van der Waals surface area contributed by atoms with E-state index >= 15 is 0 Å². The number of aromatic nitrogens is 1. The average molecular weight is 261 g/mol. The van der Waals surface area contributed by atoms with Crippen LogP contribution in [0.4, 0.5) is 0 Å². The van der Waals surface area contributed by atoms with Gasteiger partial charge in [-0.05, 0) is 70.7 Å². The molecule has 2 heterocycles. The zero-order valence-corrected chi connectivity index (χ0v) is 12.4. The predicted octanol–water partition coefficient (Wildman–Crippen LogP) is 2.62. The highest BCUT2D eigenvalue weighted by atomic mass is 15.2. The van der Waals surface area contributed by atoms with E-state index in [1.54, 1.807) is 0 Å². The molecular weight excluding hydrogens is 234 g/mol. The van der Waals surface area contributed by atoms with E-state index in [0.29, 0.717) is 6.04 Å². The van der Waals surface area contributed by atoms with E-state index in [-0.39, 0.29) is 6.04 Å². The Morgan fingerprint density at radius 2 is 2.05 bits per heavy atom. The van der Waals surface area contributed by atoms with Gasteiger partial charge in [0.05, 0.1) is 0 Å². The van der Waals surface area contributed by atoms with Crippen molar-refractivity contribution < 1.29 is 0 Å². The van der Waals surface area contributed by atoms with E-state index in [9.17, 15) is 0 Å². The predicted molar refractivity (Wildman–Crippen MR) is 79.3 cm³/mol. The molecule has 2 atom stereocenters. The summed E-state index contributed by atoms with van der Waals surface area (Å²) < 4.78 is 2.54. The maximum atomic E-state index is 6.26. The summed E-state index contributed by atoms with van der Waals surface area (Å²) in [5.41, 5.74) is 10.6. The molecule has 2 aliphatic rings. The molecule has 1 aliphatic carbocycles. The van der Waals surface area contributed by atoms with Crippen LogP contribution in [0.3, 0.4) is 0 Å². The van der Waals surface area contributed by atoms with Gasteiger partial charge in [0.1, 0.15) is 0 Å². The van der Waals surface area contributed by atoms with Crippen LogP contribution in [-0.2, 0) is 13.0 Å². The third kappa shape index (κ3) is 2.46. The van der Waals surface area contributed by atoms with Gasteiger partial charge in [-0.1, -0.05) is 0 Å². The van der Waals surface area contributed by atoms with Gasteiger partial charge in [-0.15, -0.1) is 0 Å². The highest BCUT2D eigenvalue weighted by Crippen LogP contribution is 2.31. The molecule has 3 heteroatoms. The molecule has 2 unspecified atom stereocenters. The zero-order chi connectivity index (χ0) is 13.4. The Bertz CT molecular complexity index is 443. The summed E-state index contributed by atoms with van der Waals surface area (Å²) in [4.78, 5) is 2.63. The molecule has 0 spiro atoms. The third-order valence-electron chi connectivity index (χ3n) is 4.99. The van der Waals surface area contributed by atoms with Gasteiger partial charge in [-0.25, -0.2) is 0 Å². The normalized spacial score (nSPS) is 25.5. The number of nitrogens with zero attached hydrogens (tertiary/aromatic N) is 2. The van der Waals surface area contributed by atoms with Crippen molar-refractivity contribution in [1.29, 1.82) is 0 Å². The van der Waals surface area contributed by atoms with Crippen molar-refractivity contribution in [3.05, 3.63) is 23.0 Å². The fourth-order valence-electron chi connectivity index (χ4n) is 3.82. The zero-order valence-electron chi connectivity index (χ0n) is 12.4. The van der Waals surface area contributed by atoms with Gasteiger partial charge >= 0.3 is 0 Å². The molecule has 106 valence electrons. The Labute approximate surface area is 116 Å². The van der Waals surface area contributed by atoms with Crippen molar-refractivity contribution in [1.82, 2.24) is 9.47 Å². The van der Waals surface area contributed by atoms with Gasteiger partial charge in [0, 0.05) is 30.0 Å². The number of nitrogens with two attached hydrogens (primary N) is 1. The van der Waals surface area contributed by atoms with Crippen LogP contribution < -0.4 is 5.73 Å². The summed E-state index contributed by atoms with van der Waals surface area (Å²) in [5.74, 6) is 0. The van der Waals surface area contributed by atoms with Gasteiger partial charge in [0.15, 0.2) is 0 Å². The molecular formula is C16H27N3. The minimum atomic E-state index is 0.269. The second kappa shape index (κ2) is 5.29. The fourth-order valence-corrected chi connectivity index (χ4v) is 3.82. The van der Waals surface area contributed by atoms with Gasteiger partial charge in [0.25, 0.3) is 0 Å². The molecule has 1 aromatic heterocycles. The molecule has 2 N–H and O–H groups in total. The Balaban J connectivity index is 1.80. The van der Waals surface area contributed by atoms with E-state index in [2.05, 4.69) is 29.4 Å². The lowest BCUT2D eigenvalue weighted by atomic mass is 9.93. The number of likely N-dealkylation sites (tertiary alicyclic amines) is 1. The number of rotatable bonds is 3. The highest BCUT2D eigenvalue weighted by molar-refractivity contribution is 5.32. The molecule has 1 aliphatic heterocycles. The molecule has 1 saturated heterocycles. The second-order valence-corrected chi connectivity index (χ2v) is 6.39. The topological polar surface area (TPSA) is 34.2 Å². The van der Waals surface area contributed by atoms with Crippen LogP contribution in [0, 0.1) is 6.92 Å². The van der Waals surface area contributed by atoms with Gasteiger partial charge in [-0.2, -0.15) is 0 Å². The lowest BCUT2D eigenvalue weighted by Crippen LogP contribution is -2.34. The summed E-state index contributed by atoms with van der Waals surface area (Å²) >= 11 is 0. The van der Waals surface area contributed by atoms with Crippen LogP contribution in [0.5, 0.6) is 0 Å². The number of aryl methyl sites for hydroxylation is 1. The van der Waals surface area contributed by atoms with E-state index < -0.39 is 0 Å². The number of fused-ring (bicyclic) bond motifs is 1. The first-order valence-corrected chi connectivity index (χ1v) is 7.85. The SMILES string of the molecule is Cc1cc2c(n1CC(C)N1CCCC1)CCCC2N. The lowest BCUT2D eigenvalue weighted by Gasteiger charge is -2.27. The first-order chi connectivity index (χ1) is 9.16. The van der Waals surface area contributed by atoms with Crippen LogP contribution in [0.1, 0.15) is 55.6 Å². The first-order valence-electron chi connectivity index (χ1n) is 7.85. The van der Waals surface area contributed by atoms with Crippen LogP contribution in [0.2, 0.25) is 0 Å². The number of hydrogen-bond acceptors (Lipinski definition) is 2. The van der Waals surface area contributed by atoms with Gasteiger partial charge in [-0.3, -0.25) is 4.90 Å². The molecule has 1 aromatic rings. The molecule has 0 aromatic carbocycles.